The van der Waals surface area contributed by atoms with Gasteiger partial charge in [0.2, 0.25) is 0 Å². The summed E-state index contributed by atoms with van der Waals surface area (Å²) >= 11 is 5.97. The first-order valence-electron chi connectivity index (χ1n) is 5.00. The van der Waals surface area contributed by atoms with Crippen molar-refractivity contribution >= 4 is 11.6 Å². The molecule has 76 valence electrons. The molecular formula is C13H12ClN. The molecule has 1 aromatic heterocycles. The molecule has 0 aliphatic carbocycles. The fraction of sp³-hybridized carbons (Fsp3) is 0.154. The summed E-state index contributed by atoms with van der Waals surface area (Å²) in [4.78, 5) is 4.02. The number of hydrogen-bond donors (Lipinski definition) is 0. The molecule has 0 atom stereocenters. The highest BCUT2D eigenvalue weighted by Crippen LogP contribution is 2.26. The number of aryl methyl sites for hydroxylation is 1. The molecule has 15 heavy (non-hydrogen) atoms. The van der Waals surface area contributed by atoms with Crippen molar-refractivity contribution in [3.8, 4) is 11.1 Å². The molecule has 2 aromatic rings. The van der Waals surface area contributed by atoms with Crippen LogP contribution in [0.1, 0.15) is 12.5 Å². The summed E-state index contributed by atoms with van der Waals surface area (Å²) < 4.78 is 0. The Bertz CT molecular complexity index is 451. The van der Waals surface area contributed by atoms with E-state index in [2.05, 4.69) is 18.0 Å². The van der Waals surface area contributed by atoms with Crippen molar-refractivity contribution in [2.75, 3.05) is 0 Å². The van der Waals surface area contributed by atoms with E-state index in [4.69, 9.17) is 11.6 Å². The zero-order valence-electron chi connectivity index (χ0n) is 8.57. The lowest BCUT2D eigenvalue weighted by molar-refractivity contribution is 1.14. The Balaban J connectivity index is 2.53. The minimum absolute atomic E-state index is 0.796. The molecule has 1 nitrogen and oxygen atoms in total. The van der Waals surface area contributed by atoms with E-state index in [1.165, 1.54) is 16.7 Å². The van der Waals surface area contributed by atoms with Crippen LogP contribution in [0.3, 0.4) is 0 Å². The number of benzene rings is 1. The van der Waals surface area contributed by atoms with E-state index in [1.807, 2.05) is 36.7 Å². The predicted molar refractivity (Wildman–Crippen MR) is 64.1 cm³/mol. The van der Waals surface area contributed by atoms with Crippen LogP contribution in [0.15, 0.2) is 42.7 Å². The summed E-state index contributed by atoms with van der Waals surface area (Å²) in [6, 6.07) is 10.1. The first-order valence-corrected chi connectivity index (χ1v) is 5.38. The van der Waals surface area contributed by atoms with E-state index in [9.17, 15) is 0 Å². The van der Waals surface area contributed by atoms with Crippen LogP contribution in [0.5, 0.6) is 0 Å². The van der Waals surface area contributed by atoms with E-state index in [0.29, 0.717) is 0 Å². The second-order valence-electron chi connectivity index (χ2n) is 3.39. The Labute approximate surface area is 94.7 Å². The van der Waals surface area contributed by atoms with Gasteiger partial charge < -0.3 is 0 Å². The van der Waals surface area contributed by atoms with Crippen molar-refractivity contribution in [3.63, 3.8) is 0 Å². The van der Waals surface area contributed by atoms with Gasteiger partial charge in [-0.05, 0) is 47.4 Å². The van der Waals surface area contributed by atoms with E-state index in [1.54, 1.807) is 0 Å². The molecule has 0 N–H and O–H groups in total. The van der Waals surface area contributed by atoms with E-state index >= 15 is 0 Å². The van der Waals surface area contributed by atoms with Crippen LogP contribution in [0.25, 0.3) is 11.1 Å². The molecule has 0 saturated carbocycles. The zero-order chi connectivity index (χ0) is 10.7. The van der Waals surface area contributed by atoms with Crippen LogP contribution in [-0.4, -0.2) is 4.98 Å². The number of halogens is 1. The maximum atomic E-state index is 5.97. The summed E-state index contributed by atoms with van der Waals surface area (Å²) in [6.45, 7) is 2.14. The zero-order valence-corrected chi connectivity index (χ0v) is 9.33. The maximum Gasteiger partial charge on any atom is 0.0409 e. The Hall–Kier alpha value is -1.34. The average Bonchev–Trinajstić information content (AvgIpc) is 2.30. The van der Waals surface area contributed by atoms with Crippen LogP contribution in [0.2, 0.25) is 5.02 Å². The fourth-order valence-electron chi connectivity index (χ4n) is 1.67. The Morgan fingerprint density at radius 1 is 1.13 bits per heavy atom. The molecule has 0 unspecified atom stereocenters. The molecular weight excluding hydrogens is 206 g/mol. The highest BCUT2D eigenvalue weighted by Gasteiger charge is 2.03. The summed E-state index contributed by atoms with van der Waals surface area (Å²) in [5.41, 5.74) is 3.71. The van der Waals surface area contributed by atoms with Gasteiger partial charge in [0.15, 0.2) is 0 Å². The van der Waals surface area contributed by atoms with E-state index in [0.717, 1.165) is 11.4 Å². The second-order valence-corrected chi connectivity index (χ2v) is 3.83. The molecule has 0 amide bonds. The summed E-state index contributed by atoms with van der Waals surface area (Å²) in [6.07, 6.45) is 4.60. The fourth-order valence-corrected chi connectivity index (χ4v) is 1.86. The van der Waals surface area contributed by atoms with E-state index < -0.39 is 0 Å². The molecule has 1 heterocycles. The van der Waals surface area contributed by atoms with Gasteiger partial charge in [0.1, 0.15) is 0 Å². The van der Waals surface area contributed by atoms with Crippen molar-refractivity contribution in [1.29, 1.82) is 0 Å². The van der Waals surface area contributed by atoms with Crippen LogP contribution in [0, 0.1) is 0 Å². The largest absolute Gasteiger partial charge is 0.265 e. The smallest absolute Gasteiger partial charge is 0.0409 e. The molecule has 2 rings (SSSR count). The van der Waals surface area contributed by atoms with Crippen molar-refractivity contribution in [2.45, 2.75) is 13.3 Å². The van der Waals surface area contributed by atoms with Crippen molar-refractivity contribution in [3.05, 3.63) is 53.3 Å². The minimum Gasteiger partial charge on any atom is -0.265 e. The molecule has 0 bridgehead atoms. The number of aromatic nitrogens is 1. The van der Waals surface area contributed by atoms with Crippen molar-refractivity contribution in [1.82, 2.24) is 4.98 Å². The standard InChI is InChI=1S/C13H12ClN/c1-2-10-9-12(14)3-4-13(10)11-5-7-15-8-6-11/h3-9H,2H2,1H3. The van der Waals surface area contributed by atoms with Gasteiger partial charge in [0.25, 0.3) is 0 Å². The Kier molecular flexibility index (Phi) is 3.02. The normalized spacial score (nSPS) is 10.3. The van der Waals surface area contributed by atoms with Gasteiger partial charge in [-0.3, -0.25) is 4.98 Å². The topological polar surface area (TPSA) is 12.9 Å². The van der Waals surface area contributed by atoms with E-state index in [-0.39, 0.29) is 0 Å². The van der Waals surface area contributed by atoms with Gasteiger partial charge in [-0.15, -0.1) is 0 Å². The van der Waals surface area contributed by atoms with Crippen LogP contribution >= 0.6 is 11.6 Å². The first kappa shape index (κ1) is 10.2. The quantitative estimate of drug-likeness (QED) is 0.742. The van der Waals surface area contributed by atoms with Gasteiger partial charge in [0.05, 0.1) is 0 Å². The van der Waals surface area contributed by atoms with Crippen molar-refractivity contribution in [2.24, 2.45) is 0 Å². The van der Waals surface area contributed by atoms with Crippen LogP contribution < -0.4 is 0 Å². The van der Waals surface area contributed by atoms with Crippen LogP contribution in [-0.2, 0) is 6.42 Å². The highest BCUT2D eigenvalue weighted by molar-refractivity contribution is 6.30. The molecule has 0 aliphatic heterocycles. The molecule has 1 aromatic carbocycles. The lowest BCUT2D eigenvalue weighted by Crippen LogP contribution is -1.87. The predicted octanol–water partition coefficient (Wildman–Crippen LogP) is 3.96. The van der Waals surface area contributed by atoms with Crippen LogP contribution in [0.4, 0.5) is 0 Å². The maximum absolute atomic E-state index is 5.97. The SMILES string of the molecule is CCc1cc(Cl)ccc1-c1ccncc1. The highest BCUT2D eigenvalue weighted by atomic mass is 35.5. The monoisotopic (exact) mass is 217 g/mol. The third kappa shape index (κ3) is 2.18. The number of nitrogens with zero attached hydrogens (tertiary/aromatic N) is 1. The van der Waals surface area contributed by atoms with Gasteiger partial charge in [-0.1, -0.05) is 24.6 Å². The van der Waals surface area contributed by atoms with Gasteiger partial charge in [-0.2, -0.15) is 0 Å². The minimum atomic E-state index is 0.796. The number of rotatable bonds is 2. The molecule has 0 fully saturated rings. The van der Waals surface area contributed by atoms with Gasteiger partial charge in [-0.25, -0.2) is 0 Å². The lowest BCUT2D eigenvalue weighted by Gasteiger charge is -2.07. The average molecular weight is 218 g/mol. The second kappa shape index (κ2) is 4.45. The Morgan fingerprint density at radius 2 is 1.87 bits per heavy atom. The first-order chi connectivity index (χ1) is 7.31. The molecule has 2 heteroatoms. The van der Waals surface area contributed by atoms with Gasteiger partial charge >= 0.3 is 0 Å². The lowest BCUT2D eigenvalue weighted by atomic mass is 9.99. The molecule has 0 aliphatic rings. The third-order valence-corrected chi connectivity index (χ3v) is 2.67. The summed E-state index contributed by atoms with van der Waals surface area (Å²) in [7, 11) is 0. The summed E-state index contributed by atoms with van der Waals surface area (Å²) in [5.74, 6) is 0. The third-order valence-electron chi connectivity index (χ3n) is 2.44. The van der Waals surface area contributed by atoms with Crippen molar-refractivity contribution < 1.29 is 0 Å². The Morgan fingerprint density at radius 3 is 2.53 bits per heavy atom. The number of hydrogen-bond acceptors (Lipinski definition) is 1. The molecule has 0 saturated heterocycles. The summed E-state index contributed by atoms with van der Waals surface area (Å²) in [5, 5.41) is 0.796. The molecule has 0 radical (unpaired) electrons. The number of pyridine rings is 1. The van der Waals surface area contributed by atoms with Gasteiger partial charge in [0, 0.05) is 17.4 Å². The molecule has 0 spiro atoms.